The highest BCUT2D eigenvalue weighted by Gasteiger charge is 2.19. The highest BCUT2D eigenvalue weighted by molar-refractivity contribution is 7.99. The largest absolute Gasteiger partial charge is 0.496 e. The maximum Gasteiger partial charge on any atom is 0.296 e. The number of benzene rings is 2. The number of hydrogen-bond acceptors (Lipinski definition) is 7. The molecular weight excluding hydrogens is 468 g/mol. The summed E-state index contributed by atoms with van der Waals surface area (Å²) in [5, 5.41) is 15.2. The Bertz CT molecular complexity index is 1250. The number of carbonyl (C=O) groups excluding carboxylic acids is 1. The van der Waals surface area contributed by atoms with E-state index in [0.29, 0.717) is 33.4 Å². The summed E-state index contributed by atoms with van der Waals surface area (Å²) >= 11 is 7.15. The van der Waals surface area contributed by atoms with Crippen LogP contribution in [0, 0.1) is 10.1 Å². The first-order chi connectivity index (χ1) is 15.8. The molecule has 11 heteroatoms. The van der Waals surface area contributed by atoms with Crippen LogP contribution in [-0.2, 0) is 11.3 Å². The van der Waals surface area contributed by atoms with Crippen LogP contribution in [0.1, 0.15) is 26.2 Å². The lowest BCUT2D eigenvalue weighted by molar-refractivity contribution is -0.384. The Labute approximate surface area is 199 Å². The van der Waals surface area contributed by atoms with Gasteiger partial charge in [-0.05, 0) is 36.8 Å². The summed E-state index contributed by atoms with van der Waals surface area (Å²) in [7, 11) is 1.40. The minimum absolute atomic E-state index is 0.0602. The van der Waals surface area contributed by atoms with Gasteiger partial charge in [0.05, 0.1) is 34.8 Å². The first-order valence-electron chi connectivity index (χ1n) is 10.3. The molecule has 1 amide bonds. The molecular formula is C22H23ClN4O5S. The van der Waals surface area contributed by atoms with Gasteiger partial charge in [-0.3, -0.25) is 24.3 Å². The van der Waals surface area contributed by atoms with E-state index in [1.54, 1.807) is 22.8 Å². The lowest BCUT2D eigenvalue weighted by Gasteiger charge is -2.13. The number of methoxy groups -OCH3 is 1. The number of amides is 1. The Kier molecular flexibility index (Phi) is 8.29. The van der Waals surface area contributed by atoms with Crippen LogP contribution in [0.4, 0.5) is 11.4 Å². The van der Waals surface area contributed by atoms with E-state index in [9.17, 15) is 19.7 Å². The number of fused-ring (bicyclic) bond motifs is 1. The number of hydrogen-bond donors (Lipinski definition) is 1. The van der Waals surface area contributed by atoms with Gasteiger partial charge < -0.3 is 10.1 Å². The Morgan fingerprint density at radius 3 is 2.76 bits per heavy atom. The van der Waals surface area contributed by atoms with E-state index in [2.05, 4.69) is 17.2 Å². The molecule has 0 aliphatic rings. The third kappa shape index (κ3) is 6.02. The van der Waals surface area contributed by atoms with Crippen molar-refractivity contribution in [2.24, 2.45) is 0 Å². The summed E-state index contributed by atoms with van der Waals surface area (Å²) in [6.45, 7) is 2.55. The number of rotatable bonds is 10. The molecule has 2 aromatic carbocycles. The maximum absolute atomic E-state index is 13.0. The topological polar surface area (TPSA) is 116 Å². The standard InChI is InChI=1S/C22H23ClN4O5S/c1-3-4-5-10-26-21(29)16-8-6-14(23)11-18(16)25-22(26)33-13-20(28)24-17-9-7-15(32-2)12-19(17)27(30)31/h6-9,11-12H,3-5,10,13H2,1-2H3,(H,24,28). The van der Waals surface area contributed by atoms with E-state index in [-0.39, 0.29) is 22.7 Å². The molecule has 1 N–H and O–H groups in total. The lowest BCUT2D eigenvalue weighted by Crippen LogP contribution is -2.24. The van der Waals surface area contributed by atoms with Gasteiger partial charge in [-0.15, -0.1) is 0 Å². The average Bonchev–Trinajstić information content (AvgIpc) is 2.79. The van der Waals surface area contributed by atoms with Crippen LogP contribution in [-0.4, -0.2) is 33.2 Å². The second-order valence-corrected chi connectivity index (χ2v) is 8.58. The van der Waals surface area contributed by atoms with Gasteiger partial charge in [0.1, 0.15) is 11.4 Å². The zero-order valence-corrected chi connectivity index (χ0v) is 19.7. The minimum atomic E-state index is -0.592. The molecule has 0 fully saturated rings. The molecule has 0 saturated heterocycles. The van der Waals surface area contributed by atoms with Crippen molar-refractivity contribution in [3.05, 3.63) is 61.9 Å². The van der Waals surface area contributed by atoms with Gasteiger partial charge in [-0.2, -0.15) is 0 Å². The number of nitrogens with zero attached hydrogens (tertiary/aromatic N) is 3. The van der Waals surface area contributed by atoms with E-state index < -0.39 is 10.8 Å². The SMILES string of the molecule is CCCCCn1c(SCC(=O)Nc2ccc(OC)cc2[N+](=O)[O-])nc2cc(Cl)ccc2c1=O. The number of unbranched alkanes of at least 4 members (excludes halogenated alkanes) is 2. The molecule has 9 nitrogen and oxygen atoms in total. The van der Waals surface area contributed by atoms with Crippen molar-refractivity contribution in [1.82, 2.24) is 9.55 Å². The van der Waals surface area contributed by atoms with Crippen LogP contribution in [0.15, 0.2) is 46.3 Å². The van der Waals surface area contributed by atoms with E-state index >= 15 is 0 Å². The van der Waals surface area contributed by atoms with Gasteiger partial charge in [-0.1, -0.05) is 43.1 Å². The van der Waals surface area contributed by atoms with E-state index in [1.165, 1.54) is 25.3 Å². The van der Waals surface area contributed by atoms with Crippen molar-refractivity contribution in [3.8, 4) is 5.75 Å². The number of carbonyl (C=O) groups is 1. The van der Waals surface area contributed by atoms with Crippen LogP contribution in [0.3, 0.4) is 0 Å². The quantitative estimate of drug-likeness (QED) is 0.141. The van der Waals surface area contributed by atoms with Crippen molar-refractivity contribution in [1.29, 1.82) is 0 Å². The second-order valence-electron chi connectivity index (χ2n) is 7.20. The van der Waals surface area contributed by atoms with Gasteiger partial charge in [0.15, 0.2) is 5.16 Å². The predicted octanol–water partition coefficient (Wildman–Crippen LogP) is 4.89. The highest BCUT2D eigenvalue weighted by atomic mass is 35.5. The van der Waals surface area contributed by atoms with Crippen LogP contribution >= 0.6 is 23.4 Å². The molecule has 0 atom stereocenters. The number of halogens is 1. The Morgan fingerprint density at radius 1 is 1.27 bits per heavy atom. The molecule has 1 heterocycles. The normalized spacial score (nSPS) is 10.9. The number of ether oxygens (including phenoxy) is 1. The first-order valence-corrected chi connectivity index (χ1v) is 11.7. The summed E-state index contributed by atoms with van der Waals surface area (Å²) < 4.78 is 6.58. The molecule has 0 spiro atoms. The Balaban J connectivity index is 1.84. The molecule has 0 unspecified atom stereocenters. The first kappa shape index (κ1) is 24.5. The summed E-state index contributed by atoms with van der Waals surface area (Å²) in [6, 6.07) is 9.08. The molecule has 174 valence electrons. The molecule has 0 aliphatic heterocycles. The van der Waals surface area contributed by atoms with Crippen molar-refractivity contribution < 1.29 is 14.5 Å². The van der Waals surface area contributed by atoms with E-state index in [4.69, 9.17) is 16.3 Å². The smallest absolute Gasteiger partial charge is 0.296 e. The Hall–Kier alpha value is -3.11. The number of nitro groups is 1. The fourth-order valence-corrected chi connectivity index (χ4v) is 4.20. The fraction of sp³-hybridized carbons (Fsp3) is 0.318. The molecule has 0 radical (unpaired) electrons. The van der Waals surface area contributed by atoms with Gasteiger partial charge in [0.2, 0.25) is 5.91 Å². The van der Waals surface area contributed by atoms with Gasteiger partial charge >= 0.3 is 0 Å². The zero-order chi connectivity index (χ0) is 24.0. The zero-order valence-electron chi connectivity index (χ0n) is 18.2. The second kappa shape index (κ2) is 11.2. The maximum atomic E-state index is 13.0. The molecule has 33 heavy (non-hydrogen) atoms. The fourth-order valence-electron chi connectivity index (χ4n) is 3.21. The minimum Gasteiger partial charge on any atom is -0.496 e. The Morgan fingerprint density at radius 2 is 2.06 bits per heavy atom. The molecule has 3 aromatic rings. The number of aromatic nitrogens is 2. The van der Waals surface area contributed by atoms with Crippen LogP contribution in [0.2, 0.25) is 5.02 Å². The number of anilines is 1. The third-order valence-corrected chi connectivity index (χ3v) is 6.09. The highest BCUT2D eigenvalue weighted by Crippen LogP contribution is 2.29. The van der Waals surface area contributed by atoms with Crippen molar-refractivity contribution >= 4 is 51.5 Å². The van der Waals surface area contributed by atoms with Gasteiger partial charge in [-0.25, -0.2) is 4.98 Å². The number of thioether (sulfide) groups is 1. The third-order valence-electron chi connectivity index (χ3n) is 4.88. The van der Waals surface area contributed by atoms with Gasteiger partial charge in [0, 0.05) is 11.6 Å². The number of nitro benzene ring substituents is 1. The molecule has 1 aromatic heterocycles. The van der Waals surface area contributed by atoms with Crippen LogP contribution in [0.25, 0.3) is 10.9 Å². The summed E-state index contributed by atoms with van der Waals surface area (Å²) in [4.78, 5) is 40.9. The number of nitrogens with one attached hydrogen (secondary N) is 1. The lowest BCUT2D eigenvalue weighted by atomic mass is 10.2. The summed E-state index contributed by atoms with van der Waals surface area (Å²) in [5.41, 5.74) is 0.0436. The monoisotopic (exact) mass is 490 g/mol. The summed E-state index contributed by atoms with van der Waals surface area (Å²) in [6.07, 6.45) is 2.75. The average molecular weight is 491 g/mol. The molecule has 3 rings (SSSR count). The van der Waals surface area contributed by atoms with Crippen LogP contribution in [0.5, 0.6) is 5.75 Å². The predicted molar refractivity (Wildman–Crippen MR) is 130 cm³/mol. The van der Waals surface area contributed by atoms with Crippen molar-refractivity contribution in [2.75, 3.05) is 18.2 Å². The summed E-state index contributed by atoms with van der Waals surface area (Å²) in [5.74, 6) is -0.242. The van der Waals surface area contributed by atoms with Crippen molar-refractivity contribution in [2.45, 2.75) is 37.9 Å². The molecule has 0 saturated carbocycles. The van der Waals surface area contributed by atoms with E-state index in [0.717, 1.165) is 31.0 Å². The molecule has 0 aliphatic carbocycles. The van der Waals surface area contributed by atoms with Crippen molar-refractivity contribution in [3.63, 3.8) is 0 Å². The van der Waals surface area contributed by atoms with Gasteiger partial charge in [0.25, 0.3) is 11.2 Å². The molecule has 0 bridgehead atoms. The van der Waals surface area contributed by atoms with Crippen LogP contribution < -0.4 is 15.6 Å². The van der Waals surface area contributed by atoms with E-state index in [1.807, 2.05) is 0 Å².